The van der Waals surface area contributed by atoms with Gasteiger partial charge in [0.25, 0.3) is 7.82 Å². The average molecular weight is 822 g/mol. The van der Waals surface area contributed by atoms with Crippen molar-refractivity contribution in [3.8, 4) is 0 Å². The Morgan fingerprint density at radius 2 is 0.965 bits per heavy atom. The van der Waals surface area contributed by atoms with Gasteiger partial charge in [0, 0.05) is 12.8 Å². The van der Waals surface area contributed by atoms with Crippen LogP contribution in [0.3, 0.4) is 0 Å². The van der Waals surface area contributed by atoms with Crippen molar-refractivity contribution in [3.05, 3.63) is 60.8 Å². The zero-order valence-corrected chi connectivity index (χ0v) is 37.9. The number of allylic oxidation sites excluding steroid dienone is 10. The second-order valence-corrected chi connectivity index (χ2v) is 17.5. The molecule has 0 bridgehead atoms. The Kier molecular flexibility index (Phi) is 37.6. The fraction of sp³-hybridized carbons (Fsp3) is 0.745. The number of nitrogens with zero attached hydrogens (tertiary/aromatic N) is 1. The van der Waals surface area contributed by atoms with Gasteiger partial charge in [0.2, 0.25) is 0 Å². The van der Waals surface area contributed by atoms with Crippen molar-refractivity contribution in [1.29, 1.82) is 0 Å². The van der Waals surface area contributed by atoms with Crippen molar-refractivity contribution >= 4 is 19.8 Å². The van der Waals surface area contributed by atoms with E-state index in [2.05, 4.69) is 74.6 Å². The molecule has 0 aliphatic heterocycles. The first-order chi connectivity index (χ1) is 27.5. The van der Waals surface area contributed by atoms with Crippen molar-refractivity contribution in [2.75, 3.05) is 47.5 Å². The average Bonchev–Trinajstić information content (AvgIpc) is 3.16. The highest BCUT2D eigenvalue weighted by molar-refractivity contribution is 7.45. The molecule has 0 aromatic carbocycles. The van der Waals surface area contributed by atoms with Crippen LogP contribution in [0.5, 0.6) is 0 Å². The summed E-state index contributed by atoms with van der Waals surface area (Å²) in [5.41, 5.74) is 0. The lowest BCUT2D eigenvalue weighted by Crippen LogP contribution is -2.37. The lowest BCUT2D eigenvalue weighted by Gasteiger charge is -2.28. The summed E-state index contributed by atoms with van der Waals surface area (Å²) < 4.78 is 33.8. The van der Waals surface area contributed by atoms with Crippen molar-refractivity contribution < 1.29 is 42.1 Å². The van der Waals surface area contributed by atoms with Gasteiger partial charge in [-0.1, -0.05) is 145 Å². The van der Waals surface area contributed by atoms with Crippen LogP contribution < -0.4 is 4.89 Å². The van der Waals surface area contributed by atoms with E-state index in [0.29, 0.717) is 23.9 Å². The first kappa shape index (κ1) is 54.7. The molecule has 0 N–H and O–H groups in total. The normalized spacial score (nSPS) is 14.1. The molecule has 10 heteroatoms. The Morgan fingerprint density at radius 3 is 1.51 bits per heavy atom. The molecule has 57 heavy (non-hydrogen) atoms. The van der Waals surface area contributed by atoms with E-state index in [1.807, 2.05) is 21.1 Å². The van der Waals surface area contributed by atoms with Gasteiger partial charge < -0.3 is 27.9 Å². The summed E-state index contributed by atoms with van der Waals surface area (Å²) in [4.78, 5) is 37.5. The van der Waals surface area contributed by atoms with Gasteiger partial charge in [-0.3, -0.25) is 14.2 Å². The highest BCUT2D eigenvalue weighted by Crippen LogP contribution is 2.38. The second-order valence-electron chi connectivity index (χ2n) is 16.1. The predicted octanol–water partition coefficient (Wildman–Crippen LogP) is 12.2. The second kappa shape index (κ2) is 39.2. The van der Waals surface area contributed by atoms with E-state index >= 15 is 0 Å². The maximum atomic E-state index is 12.6. The Labute approximate surface area is 349 Å². The van der Waals surface area contributed by atoms with E-state index in [-0.39, 0.29) is 26.1 Å². The number of phosphoric acid groups is 1. The molecule has 0 heterocycles. The van der Waals surface area contributed by atoms with Gasteiger partial charge in [0.15, 0.2) is 6.10 Å². The fourth-order valence-electron chi connectivity index (χ4n) is 5.70. The summed E-state index contributed by atoms with van der Waals surface area (Å²) in [5.74, 6) is -0.915. The lowest BCUT2D eigenvalue weighted by molar-refractivity contribution is -0.870. The predicted molar refractivity (Wildman–Crippen MR) is 236 cm³/mol. The topological polar surface area (TPSA) is 111 Å². The molecule has 0 aromatic rings. The zero-order valence-electron chi connectivity index (χ0n) is 37.0. The molecule has 0 fully saturated rings. The van der Waals surface area contributed by atoms with E-state index < -0.39 is 32.5 Å². The number of rotatable bonds is 40. The van der Waals surface area contributed by atoms with E-state index in [1.165, 1.54) is 70.6 Å². The number of carbonyl (C=O) groups excluding carboxylic acids is 2. The molecular formula is C47H84NO8P. The van der Waals surface area contributed by atoms with E-state index in [0.717, 1.165) is 64.2 Å². The third kappa shape index (κ3) is 43.1. The molecule has 330 valence electrons. The van der Waals surface area contributed by atoms with Crippen LogP contribution in [0.25, 0.3) is 0 Å². The molecule has 0 rings (SSSR count). The molecule has 0 saturated heterocycles. The monoisotopic (exact) mass is 822 g/mol. The summed E-state index contributed by atoms with van der Waals surface area (Å²) in [6, 6.07) is 0. The standard InChI is InChI=1S/C47H84NO8P/c1-6-8-10-12-14-16-18-20-21-22-23-24-25-26-27-28-30-31-33-35-37-39-46(49)53-43-45(44-55-57(51,52)54-42-41-48(3,4)5)56-47(50)40-38-36-34-32-29-19-17-15-13-11-9-7-2/h15,17,21-22,24-25,27-28,31,33,45H,6-14,16,18-20,23,26,29-30,32,34-44H2,1-5H3/b17-15+,22-21+,25-24+,28-27+,33-31+/t45-/m0/s1. The smallest absolute Gasteiger partial charge is 0.306 e. The summed E-state index contributed by atoms with van der Waals surface area (Å²) >= 11 is 0. The van der Waals surface area contributed by atoms with Crippen LogP contribution in [-0.2, 0) is 32.7 Å². The van der Waals surface area contributed by atoms with Crippen molar-refractivity contribution in [2.45, 2.75) is 180 Å². The van der Waals surface area contributed by atoms with Gasteiger partial charge in [0.05, 0.1) is 27.7 Å². The van der Waals surface area contributed by atoms with Crippen LogP contribution in [0.2, 0.25) is 0 Å². The molecule has 0 saturated carbocycles. The number of ether oxygens (including phenoxy) is 2. The molecule has 0 radical (unpaired) electrons. The van der Waals surface area contributed by atoms with Gasteiger partial charge in [-0.05, 0) is 77.0 Å². The molecular weight excluding hydrogens is 737 g/mol. The SMILES string of the molecule is CCCCC/C=C/CCCCCCCC(=O)O[C@@H](COC(=O)CCC/C=C/C/C=C/C/C=C/C/C=C/CCCCCCCCC)COP(=O)([O-])OCC[N+](C)(C)C. The third-order valence-electron chi connectivity index (χ3n) is 9.26. The van der Waals surface area contributed by atoms with Crippen molar-refractivity contribution in [1.82, 2.24) is 0 Å². The number of hydrogen-bond acceptors (Lipinski definition) is 8. The molecule has 0 spiro atoms. The highest BCUT2D eigenvalue weighted by Gasteiger charge is 2.21. The van der Waals surface area contributed by atoms with Crippen LogP contribution >= 0.6 is 7.82 Å². The Balaban J connectivity index is 4.42. The minimum atomic E-state index is -4.64. The molecule has 1 unspecified atom stereocenters. The Bertz CT molecular complexity index is 1160. The van der Waals surface area contributed by atoms with E-state index in [9.17, 15) is 19.0 Å². The maximum absolute atomic E-state index is 12.6. The Hall–Kier alpha value is -2.29. The molecule has 0 aromatic heterocycles. The molecule has 0 amide bonds. The van der Waals surface area contributed by atoms with Gasteiger partial charge in [-0.15, -0.1) is 0 Å². The maximum Gasteiger partial charge on any atom is 0.306 e. The van der Waals surface area contributed by atoms with E-state index in [1.54, 1.807) is 0 Å². The summed E-state index contributed by atoms with van der Waals surface area (Å²) in [7, 11) is 1.12. The van der Waals surface area contributed by atoms with Crippen molar-refractivity contribution in [2.24, 2.45) is 0 Å². The van der Waals surface area contributed by atoms with Gasteiger partial charge >= 0.3 is 11.9 Å². The number of quaternary nitrogens is 1. The molecule has 2 atom stereocenters. The van der Waals surface area contributed by atoms with Gasteiger partial charge in [0.1, 0.15) is 19.8 Å². The first-order valence-electron chi connectivity index (χ1n) is 22.5. The summed E-state index contributed by atoms with van der Waals surface area (Å²) in [5, 5.41) is 0. The largest absolute Gasteiger partial charge is 0.756 e. The van der Waals surface area contributed by atoms with Crippen LogP contribution in [0.1, 0.15) is 174 Å². The minimum absolute atomic E-state index is 0.0431. The zero-order chi connectivity index (χ0) is 42.1. The van der Waals surface area contributed by atoms with E-state index in [4.69, 9.17) is 18.5 Å². The molecule has 9 nitrogen and oxygen atoms in total. The van der Waals surface area contributed by atoms with Crippen LogP contribution in [0.4, 0.5) is 0 Å². The molecule has 0 aliphatic carbocycles. The first-order valence-corrected chi connectivity index (χ1v) is 24.0. The number of unbranched alkanes of at least 4 members (excludes halogenated alkanes) is 16. The Morgan fingerprint density at radius 1 is 0.544 bits per heavy atom. The highest BCUT2D eigenvalue weighted by atomic mass is 31.2. The quantitative estimate of drug-likeness (QED) is 0.0197. The van der Waals surface area contributed by atoms with Crippen molar-refractivity contribution in [3.63, 3.8) is 0 Å². The van der Waals surface area contributed by atoms with Crippen LogP contribution in [-0.4, -0.2) is 70.0 Å². The minimum Gasteiger partial charge on any atom is -0.756 e. The molecule has 0 aliphatic rings. The number of likely N-dealkylation sites (N-methyl/N-ethyl adjacent to an activating group) is 1. The van der Waals surface area contributed by atoms with Gasteiger partial charge in [-0.2, -0.15) is 0 Å². The number of carbonyl (C=O) groups is 2. The number of hydrogen-bond donors (Lipinski definition) is 0. The summed E-state index contributed by atoms with van der Waals surface area (Å²) in [6.07, 6.45) is 46.9. The lowest BCUT2D eigenvalue weighted by atomic mass is 10.1. The summed E-state index contributed by atoms with van der Waals surface area (Å²) in [6.45, 7) is 4.11. The van der Waals surface area contributed by atoms with Crippen LogP contribution in [0, 0.1) is 0 Å². The van der Waals surface area contributed by atoms with Crippen LogP contribution in [0.15, 0.2) is 60.8 Å². The number of esters is 2. The fourth-order valence-corrected chi connectivity index (χ4v) is 6.43. The van der Waals surface area contributed by atoms with Gasteiger partial charge in [-0.25, -0.2) is 0 Å². The third-order valence-corrected chi connectivity index (χ3v) is 10.2. The number of phosphoric ester groups is 1.